The minimum Gasteiger partial charge on any atom is -0.411 e. The molecule has 1 saturated heterocycles. The molecule has 1 aliphatic heterocycles. The molecule has 7 nitrogen and oxygen atoms in total. The summed E-state index contributed by atoms with van der Waals surface area (Å²) in [6.07, 6.45) is 0. The highest BCUT2D eigenvalue weighted by Crippen LogP contribution is 2.35. The zero-order valence-corrected chi connectivity index (χ0v) is 19.2. The van der Waals surface area contributed by atoms with Gasteiger partial charge in [0.1, 0.15) is 0 Å². The number of aromatic nitrogens is 2. The third-order valence-corrected chi connectivity index (χ3v) is 6.37. The first-order valence-corrected chi connectivity index (χ1v) is 11.5. The van der Waals surface area contributed by atoms with Crippen molar-refractivity contribution >= 4 is 52.2 Å². The second-order valence-corrected chi connectivity index (χ2v) is 8.86. The highest BCUT2D eigenvalue weighted by molar-refractivity contribution is 7.99. The van der Waals surface area contributed by atoms with Crippen LogP contribution in [0.25, 0.3) is 11.5 Å². The lowest BCUT2D eigenvalue weighted by atomic mass is 10.2. The number of hydrogen-bond acceptors (Lipinski definition) is 7. The Kier molecular flexibility index (Phi) is 7.02. The van der Waals surface area contributed by atoms with Crippen LogP contribution < -0.4 is 10.2 Å². The average molecular weight is 478 g/mol. The molecule has 0 saturated carbocycles. The van der Waals surface area contributed by atoms with Gasteiger partial charge in [0, 0.05) is 26.2 Å². The minimum atomic E-state index is -0.180. The summed E-state index contributed by atoms with van der Waals surface area (Å²) in [6.45, 7) is 3.59. The molecule has 0 spiro atoms. The SMILES string of the molecule is CN1CCN(c2c(Cl)cccc2NC(=O)CSc2nnc(-c3ccccc3Cl)o2)CC1. The predicted molar refractivity (Wildman–Crippen MR) is 125 cm³/mol. The molecule has 1 aromatic heterocycles. The van der Waals surface area contributed by atoms with Crippen LogP contribution >= 0.6 is 35.0 Å². The topological polar surface area (TPSA) is 74.5 Å². The lowest BCUT2D eigenvalue weighted by Gasteiger charge is -2.35. The number of piperazine rings is 1. The van der Waals surface area contributed by atoms with Crippen molar-refractivity contribution in [3.05, 3.63) is 52.5 Å². The van der Waals surface area contributed by atoms with Crippen LogP contribution in [0.3, 0.4) is 0 Å². The summed E-state index contributed by atoms with van der Waals surface area (Å²) >= 11 is 13.8. The Labute approximate surface area is 194 Å². The summed E-state index contributed by atoms with van der Waals surface area (Å²) in [6, 6.07) is 12.8. The number of hydrogen-bond donors (Lipinski definition) is 1. The molecule has 1 amide bonds. The Morgan fingerprint density at radius 1 is 1.06 bits per heavy atom. The van der Waals surface area contributed by atoms with Crippen molar-refractivity contribution in [1.29, 1.82) is 0 Å². The van der Waals surface area contributed by atoms with Gasteiger partial charge in [-0.05, 0) is 31.3 Å². The number of likely N-dealkylation sites (N-methyl/N-ethyl adjacent to an activating group) is 1. The highest BCUT2D eigenvalue weighted by Gasteiger charge is 2.21. The van der Waals surface area contributed by atoms with Crippen LogP contribution in [-0.4, -0.2) is 60.0 Å². The standard InChI is InChI=1S/C21H21Cl2N5O2S/c1-27-9-11-28(12-10-27)19-16(23)7-4-8-17(19)24-18(29)13-31-21-26-25-20(30-21)14-5-2-3-6-15(14)22/h2-8H,9-13H2,1H3,(H,24,29). The third-order valence-electron chi connectivity index (χ3n) is 4.92. The van der Waals surface area contributed by atoms with Crippen molar-refractivity contribution < 1.29 is 9.21 Å². The van der Waals surface area contributed by atoms with E-state index < -0.39 is 0 Å². The lowest BCUT2D eigenvalue weighted by Crippen LogP contribution is -2.44. The monoisotopic (exact) mass is 477 g/mol. The number of nitrogens with one attached hydrogen (secondary N) is 1. The number of para-hydroxylation sites is 1. The van der Waals surface area contributed by atoms with Crippen LogP contribution in [0, 0.1) is 0 Å². The summed E-state index contributed by atoms with van der Waals surface area (Å²) in [5.74, 6) is 0.264. The molecular formula is C21H21Cl2N5O2S. The molecule has 0 radical (unpaired) electrons. The van der Waals surface area contributed by atoms with Crippen LogP contribution in [0.2, 0.25) is 10.0 Å². The first-order valence-electron chi connectivity index (χ1n) is 9.74. The van der Waals surface area contributed by atoms with Gasteiger partial charge in [-0.2, -0.15) is 0 Å². The Morgan fingerprint density at radius 3 is 2.58 bits per heavy atom. The van der Waals surface area contributed by atoms with Crippen molar-refractivity contribution in [3.63, 3.8) is 0 Å². The molecule has 162 valence electrons. The lowest BCUT2D eigenvalue weighted by molar-refractivity contribution is -0.113. The van der Waals surface area contributed by atoms with Gasteiger partial charge in [0.15, 0.2) is 0 Å². The predicted octanol–water partition coefficient (Wildman–Crippen LogP) is 4.53. The number of nitrogens with zero attached hydrogens (tertiary/aromatic N) is 4. The summed E-state index contributed by atoms with van der Waals surface area (Å²) in [5.41, 5.74) is 2.21. The quantitative estimate of drug-likeness (QED) is 0.522. The van der Waals surface area contributed by atoms with Gasteiger partial charge in [-0.15, -0.1) is 10.2 Å². The number of anilines is 2. The molecule has 0 aliphatic carbocycles. The van der Waals surface area contributed by atoms with Gasteiger partial charge in [0.2, 0.25) is 11.8 Å². The van der Waals surface area contributed by atoms with Gasteiger partial charge >= 0.3 is 0 Å². The third kappa shape index (κ3) is 5.33. The van der Waals surface area contributed by atoms with E-state index in [1.165, 1.54) is 11.8 Å². The maximum Gasteiger partial charge on any atom is 0.277 e. The van der Waals surface area contributed by atoms with E-state index >= 15 is 0 Å². The summed E-state index contributed by atoms with van der Waals surface area (Å²) in [5, 5.41) is 12.4. The summed E-state index contributed by atoms with van der Waals surface area (Å²) < 4.78 is 5.64. The molecule has 0 bridgehead atoms. The van der Waals surface area contributed by atoms with E-state index in [1.54, 1.807) is 12.1 Å². The maximum atomic E-state index is 12.6. The van der Waals surface area contributed by atoms with E-state index in [0.29, 0.717) is 32.4 Å². The highest BCUT2D eigenvalue weighted by atomic mass is 35.5. The Balaban J connectivity index is 1.40. The maximum absolute atomic E-state index is 12.6. The van der Waals surface area contributed by atoms with Gasteiger partial charge in [0.25, 0.3) is 5.22 Å². The molecule has 2 aromatic carbocycles. The van der Waals surface area contributed by atoms with E-state index in [4.69, 9.17) is 27.6 Å². The van der Waals surface area contributed by atoms with E-state index in [9.17, 15) is 4.79 Å². The van der Waals surface area contributed by atoms with Crippen molar-refractivity contribution in [3.8, 4) is 11.5 Å². The molecule has 4 rings (SSSR count). The van der Waals surface area contributed by atoms with Crippen molar-refractivity contribution in [2.24, 2.45) is 0 Å². The number of halogens is 2. The normalized spacial score (nSPS) is 14.6. The first kappa shape index (κ1) is 22.0. The van der Waals surface area contributed by atoms with Crippen LogP contribution in [-0.2, 0) is 4.79 Å². The zero-order chi connectivity index (χ0) is 21.8. The van der Waals surface area contributed by atoms with Crippen LogP contribution in [0.15, 0.2) is 52.1 Å². The molecule has 2 heterocycles. The minimum absolute atomic E-state index is 0.124. The molecule has 3 aromatic rings. The van der Waals surface area contributed by atoms with Crippen molar-refractivity contribution in [2.45, 2.75) is 5.22 Å². The molecule has 10 heteroatoms. The van der Waals surface area contributed by atoms with Crippen LogP contribution in [0.4, 0.5) is 11.4 Å². The molecule has 0 atom stereocenters. The second-order valence-electron chi connectivity index (χ2n) is 7.12. The fraction of sp³-hybridized carbons (Fsp3) is 0.286. The van der Waals surface area contributed by atoms with E-state index in [1.807, 2.05) is 30.3 Å². The summed E-state index contributed by atoms with van der Waals surface area (Å²) in [4.78, 5) is 17.1. The fourth-order valence-corrected chi connectivity index (χ4v) is 4.37. The van der Waals surface area contributed by atoms with Gasteiger partial charge in [-0.3, -0.25) is 4.79 Å². The number of thioether (sulfide) groups is 1. The van der Waals surface area contributed by atoms with Gasteiger partial charge < -0.3 is 19.5 Å². The number of rotatable bonds is 6. The van der Waals surface area contributed by atoms with Gasteiger partial charge in [-0.1, -0.05) is 53.2 Å². The smallest absolute Gasteiger partial charge is 0.277 e. The van der Waals surface area contributed by atoms with Crippen molar-refractivity contribution in [1.82, 2.24) is 15.1 Å². The Morgan fingerprint density at radius 2 is 1.81 bits per heavy atom. The molecule has 0 unspecified atom stereocenters. The number of carbonyl (C=O) groups excluding carboxylic acids is 1. The molecule has 1 fully saturated rings. The first-order chi connectivity index (χ1) is 15.0. The summed E-state index contributed by atoms with van der Waals surface area (Å²) in [7, 11) is 2.10. The Bertz CT molecular complexity index is 1070. The molecule has 31 heavy (non-hydrogen) atoms. The molecule has 1 N–H and O–H groups in total. The average Bonchev–Trinajstić information content (AvgIpc) is 3.23. The van der Waals surface area contributed by atoms with Crippen LogP contribution in [0.5, 0.6) is 0 Å². The second kappa shape index (κ2) is 9.91. The van der Waals surface area contributed by atoms with Gasteiger partial charge in [0.05, 0.1) is 32.7 Å². The molecular weight excluding hydrogens is 457 g/mol. The number of benzene rings is 2. The molecule has 1 aliphatic rings. The van der Waals surface area contributed by atoms with E-state index in [2.05, 4.69) is 32.4 Å². The van der Waals surface area contributed by atoms with Crippen LogP contribution in [0.1, 0.15) is 0 Å². The fourth-order valence-electron chi connectivity index (χ4n) is 3.29. The van der Waals surface area contributed by atoms with E-state index in [-0.39, 0.29) is 11.7 Å². The largest absolute Gasteiger partial charge is 0.411 e. The number of amides is 1. The Hall–Kier alpha value is -2.26. The van der Waals surface area contributed by atoms with Gasteiger partial charge in [-0.25, -0.2) is 0 Å². The van der Waals surface area contributed by atoms with Crippen molar-refractivity contribution in [2.75, 3.05) is 49.2 Å². The zero-order valence-electron chi connectivity index (χ0n) is 16.8. The van der Waals surface area contributed by atoms with E-state index in [0.717, 1.165) is 31.9 Å². The number of carbonyl (C=O) groups is 1.